The number of hydrogen-bond acceptors (Lipinski definition) is 8. The zero-order valence-electron chi connectivity index (χ0n) is 21.7. The zero-order valence-corrected chi connectivity index (χ0v) is 21.7. The molecule has 3 aromatic rings. The summed E-state index contributed by atoms with van der Waals surface area (Å²) in [7, 11) is 3.21. The van der Waals surface area contributed by atoms with Gasteiger partial charge in [-0.2, -0.15) is 0 Å². The van der Waals surface area contributed by atoms with E-state index in [1.54, 1.807) is 20.5 Å². The highest BCUT2D eigenvalue weighted by Crippen LogP contribution is 2.49. The molecule has 1 aliphatic rings. The Balaban J connectivity index is 0.000000599. The highest BCUT2D eigenvalue weighted by molar-refractivity contribution is 6.27. The van der Waals surface area contributed by atoms with E-state index in [2.05, 4.69) is 17.0 Å². The van der Waals surface area contributed by atoms with Gasteiger partial charge < -0.3 is 33.9 Å². The second kappa shape index (κ2) is 14.3. The standard InChI is InChI=1S/C26H33NO5.C2H2O4/c1-29-23-20-13-17-31-24(20)26(30-2)25(32-18-16-27-14-7-4-8-15-27)22(23)21(28)12-11-19-9-5-3-6-10-19;3-1(4)2(5)6/h3,5-6,9-10,13,17,21,28H,4,7-8,11-12,14-16,18H2,1-2H3;(H,3,4)(H,5,6). The number of nitrogens with zero attached hydrogens (tertiary/aromatic N) is 1. The van der Waals surface area contributed by atoms with E-state index in [1.807, 2.05) is 24.3 Å². The van der Waals surface area contributed by atoms with Crippen molar-refractivity contribution in [2.45, 2.75) is 38.2 Å². The van der Waals surface area contributed by atoms with E-state index in [0.717, 1.165) is 31.4 Å². The molecule has 10 heteroatoms. The number of hydrogen-bond donors (Lipinski definition) is 3. The Morgan fingerprint density at radius 2 is 1.61 bits per heavy atom. The molecule has 206 valence electrons. The topological polar surface area (TPSA) is 139 Å². The molecule has 0 spiro atoms. The van der Waals surface area contributed by atoms with Crippen LogP contribution in [-0.2, 0) is 16.0 Å². The molecule has 4 rings (SSSR count). The number of methoxy groups -OCH3 is 2. The van der Waals surface area contributed by atoms with E-state index >= 15 is 0 Å². The first-order valence-electron chi connectivity index (χ1n) is 12.6. The van der Waals surface area contributed by atoms with Crippen LogP contribution in [-0.4, -0.2) is 72.6 Å². The van der Waals surface area contributed by atoms with Crippen molar-refractivity contribution >= 4 is 22.9 Å². The van der Waals surface area contributed by atoms with Crippen molar-refractivity contribution < 1.29 is 43.5 Å². The molecule has 2 aromatic carbocycles. The molecule has 10 nitrogen and oxygen atoms in total. The lowest BCUT2D eigenvalue weighted by atomic mass is 9.97. The smallest absolute Gasteiger partial charge is 0.414 e. The summed E-state index contributed by atoms with van der Waals surface area (Å²) >= 11 is 0. The summed E-state index contributed by atoms with van der Waals surface area (Å²) < 4.78 is 23.5. The van der Waals surface area contributed by atoms with E-state index in [9.17, 15) is 5.11 Å². The van der Waals surface area contributed by atoms with Crippen LogP contribution in [0, 0.1) is 0 Å². The van der Waals surface area contributed by atoms with Gasteiger partial charge in [0.05, 0.1) is 37.5 Å². The van der Waals surface area contributed by atoms with Crippen molar-refractivity contribution in [1.82, 2.24) is 4.90 Å². The normalized spacial score (nSPS) is 14.3. The Morgan fingerprint density at radius 3 is 2.21 bits per heavy atom. The second-order valence-electron chi connectivity index (χ2n) is 8.87. The van der Waals surface area contributed by atoms with Crippen LogP contribution in [0.5, 0.6) is 17.2 Å². The molecule has 1 aromatic heterocycles. The van der Waals surface area contributed by atoms with Gasteiger partial charge in [-0.1, -0.05) is 36.8 Å². The summed E-state index contributed by atoms with van der Waals surface area (Å²) in [5, 5.41) is 26.8. The van der Waals surface area contributed by atoms with Gasteiger partial charge in [0.2, 0.25) is 5.75 Å². The van der Waals surface area contributed by atoms with Crippen molar-refractivity contribution in [3.05, 3.63) is 53.8 Å². The highest BCUT2D eigenvalue weighted by atomic mass is 16.5. The zero-order chi connectivity index (χ0) is 27.5. The number of carboxylic acids is 2. The Kier molecular flexibility index (Phi) is 10.8. The van der Waals surface area contributed by atoms with Crippen molar-refractivity contribution in [2.24, 2.45) is 0 Å². The Labute approximate surface area is 221 Å². The quantitative estimate of drug-likeness (QED) is 0.328. The van der Waals surface area contributed by atoms with Crippen LogP contribution in [0.4, 0.5) is 0 Å². The number of aliphatic hydroxyl groups excluding tert-OH is 1. The summed E-state index contributed by atoms with van der Waals surface area (Å²) in [6.45, 7) is 3.55. The van der Waals surface area contributed by atoms with E-state index in [1.165, 1.54) is 24.8 Å². The number of aliphatic carboxylic acids is 2. The van der Waals surface area contributed by atoms with Gasteiger partial charge >= 0.3 is 11.9 Å². The SMILES string of the molecule is COc1c(C(O)CCc2ccccc2)c(OCCN2CCCCC2)c(OC)c2occc12.O=C(O)C(=O)O. The first-order valence-corrected chi connectivity index (χ1v) is 12.6. The number of fused-ring (bicyclic) bond motifs is 1. The maximum Gasteiger partial charge on any atom is 0.414 e. The minimum absolute atomic E-state index is 0.498. The summed E-state index contributed by atoms with van der Waals surface area (Å²) in [5.41, 5.74) is 2.36. The minimum Gasteiger partial charge on any atom is -0.495 e. The molecule has 0 aliphatic carbocycles. The molecule has 1 aliphatic heterocycles. The van der Waals surface area contributed by atoms with Crippen molar-refractivity contribution in [2.75, 3.05) is 40.5 Å². The summed E-state index contributed by atoms with van der Waals surface area (Å²) in [5.74, 6) is -2.07. The van der Waals surface area contributed by atoms with Gasteiger partial charge in [-0.3, -0.25) is 4.90 Å². The first kappa shape index (κ1) is 28.8. The fraction of sp³-hybridized carbons (Fsp3) is 0.429. The predicted octanol–water partition coefficient (Wildman–Crippen LogP) is 4.14. The van der Waals surface area contributed by atoms with E-state index < -0.39 is 18.0 Å². The molecule has 1 fully saturated rings. The van der Waals surface area contributed by atoms with Crippen LogP contribution in [0.1, 0.15) is 42.9 Å². The molecule has 1 unspecified atom stereocenters. The van der Waals surface area contributed by atoms with Gasteiger partial charge in [-0.25, -0.2) is 9.59 Å². The van der Waals surface area contributed by atoms with Crippen molar-refractivity contribution in [3.63, 3.8) is 0 Å². The highest BCUT2D eigenvalue weighted by Gasteiger charge is 2.29. The fourth-order valence-corrected chi connectivity index (χ4v) is 4.54. The molecule has 1 saturated heterocycles. The summed E-state index contributed by atoms with van der Waals surface area (Å²) in [6.07, 6.45) is 5.88. The predicted molar refractivity (Wildman–Crippen MR) is 140 cm³/mol. The first-order chi connectivity index (χ1) is 18.4. The van der Waals surface area contributed by atoms with Gasteiger partial charge in [0.15, 0.2) is 11.3 Å². The number of furan rings is 1. The third-order valence-corrected chi connectivity index (χ3v) is 6.39. The van der Waals surface area contributed by atoms with E-state index in [4.69, 9.17) is 38.4 Å². The van der Waals surface area contributed by atoms with Gasteiger partial charge in [0.1, 0.15) is 12.4 Å². The van der Waals surface area contributed by atoms with Gasteiger partial charge in [0.25, 0.3) is 0 Å². The van der Waals surface area contributed by atoms with Crippen LogP contribution in [0.25, 0.3) is 11.0 Å². The van der Waals surface area contributed by atoms with E-state index in [0.29, 0.717) is 41.4 Å². The second-order valence-corrected chi connectivity index (χ2v) is 8.87. The summed E-state index contributed by atoms with van der Waals surface area (Å²) in [6, 6.07) is 12.0. The monoisotopic (exact) mass is 529 g/mol. The van der Waals surface area contributed by atoms with Crippen molar-refractivity contribution in [1.29, 1.82) is 0 Å². The number of rotatable bonds is 10. The molecule has 3 N–H and O–H groups in total. The number of aryl methyl sites for hydroxylation is 1. The number of ether oxygens (including phenoxy) is 3. The van der Waals surface area contributed by atoms with Gasteiger partial charge in [-0.15, -0.1) is 0 Å². The number of benzene rings is 2. The molecule has 38 heavy (non-hydrogen) atoms. The number of carbonyl (C=O) groups is 2. The fourth-order valence-electron chi connectivity index (χ4n) is 4.54. The van der Waals surface area contributed by atoms with Crippen LogP contribution in [0.15, 0.2) is 47.1 Å². The maximum atomic E-state index is 11.3. The molecule has 0 radical (unpaired) electrons. The number of likely N-dealkylation sites (tertiary alicyclic amines) is 1. The Bertz CT molecular complexity index is 1170. The maximum absolute atomic E-state index is 11.3. The largest absolute Gasteiger partial charge is 0.495 e. The number of carboxylic acid groups (broad SMARTS) is 2. The number of aliphatic hydroxyl groups is 1. The molecular formula is C28H35NO9. The molecule has 2 heterocycles. The number of piperidine rings is 1. The molecule has 1 atom stereocenters. The lowest BCUT2D eigenvalue weighted by molar-refractivity contribution is -0.159. The van der Waals surface area contributed by atoms with E-state index in [-0.39, 0.29) is 0 Å². The summed E-state index contributed by atoms with van der Waals surface area (Å²) in [4.78, 5) is 20.6. The third-order valence-electron chi connectivity index (χ3n) is 6.39. The third kappa shape index (κ3) is 7.39. The molecule has 0 amide bonds. The Hall–Kier alpha value is -3.76. The van der Waals surface area contributed by atoms with Gasteiger partial charge in [-0.05, 0) is 50.4 Å². The lowest BCUT2D eigenvalue weighted by Crippen LogP contribution is -2.33. The van der Waals surface area contributed by atoms with Crippen LogP contribution >= 0.6 is 0 Å². The minimum atomic E-state index is -1.82. The van der Waals surface area contributed by atoms with Crippen LogP contribution in [0.3, 0.4) is 0 Å². The lowest BCUT2D eigenvalue weighted by Gasteiger charge is -2.27. The Morgan fingerprint density at radius 1 is 0.947 bits per heavy atom. The average molecular weight is 530 g/mol. The molecule has 0 bridgehead atoms. The van der Waals surface area contributed by atoms with Gasteiger partial charge in [0, 0.05) is 6.54 Å². The van der Waals surface area contributed by atoms with Crippen LogP contribution in [0.2, 0.25) is 0 Å². The van der Waals surface area contributed by atoms with Crippen LogP contribution < -0.4 is 14.2 Å². The average Bonchev–Trinajstić information content (AvgIpc) is 3.42. The van der Waals surface area contributed by atoms with Crippen molar-refractivity contribution in [3.8, 4) is 17.2 Å². The molecular weight excluding hydrogens is 494 g/mol. The molecule has 0 saturated carbocycles.